The standard InChI is InChI=1S/C22H22ClF3N2O3S/c23-20-11-18(10-5-15(20)12-27)28-13-21(29,14-32(30,31)19-3-1-2-4-19)16-6-8-17(9-7-16)22(24,25)26/h5-11,19,28-29H,1-4,13-14H2. The average molecular weight is 487 g/mol. The van der Waals surface area contributed by atoms with Gasteiger partial charge in [0, 0.05) is 12.2 Å². The molecule has 0 aromatic heterocycles. The molecule has 3 rings (SSSR count). The highest BCUT2D eigenvalue weighted by Gasteiger charge is 2.40. The Hall–Kier alpha value is -2.28. The Kier molecular flexibility index (Phi) is 7.08. The highest BCUT2D eigenvalue weighted by atomic mass is 35.5. The molecule has 1 fully saturated rings. The van der Waals surface area contributed by atoms with Crippen molar-refractivity contribution in [1.29, 1.82) is 5.26 Å². The van der Waals surface area contributed by atoms with Crippen molar-refractivity contribution in [1.82, 2.24) is 0 Å². The largest absolute Gasteiger partial charge is 0.416 e. The van der Waals surface area contributed by atoms with Crippen LogP contribution in [0.4, 0.5) is 18.9 Å². The van der Waals surface area contributed by atoms with Crippen molar-refractivity contribution >= 4 is 27.1 Å². The van der Waals surface area contributed by atoms with Gasteiger partial charge < -0.3 is 10.4 Å². The lowest BCUT2D eigenvalue weighted by molar-refractivity contribution is -0.137. The van der Waals surface area contributed by atoms with Crippen molar-refractivity contribution in [3.8, 4) is 6.07 Å². The highest BCUT2D eigenvalue weighted by Crippen LogP contribution is 2.34. The van der Waals surface area contributed by atoms with Gasteiger partial charge in [0.1, 0.15) is 11.7 Å². The van der Waals surface area contributed by atoms with Crippen LogP contribution in [0.5, 0.6) is 0 Å². The number of aliphatic hydroxyl groups is 1. The van der Waals surface area contributed by atoms with Crippen LogP contribution in [0.2, 0.25) is 5.02 Å². The molecule has 0 spiro atoms. The molecule has 5 nitrogen and oxygen atoms in total. The molecule has 32 heavy (non-hydrogen) atoms. The molecule has 0 heterocycles. The summed E-state index contributed by atoms with van der Waals surface area (Å²) in [5.41, 5.74) is -2.14. The van der Waals surface area contributed by atoms with E-state index < -0.39 is 38.2 Å². The van der Waals surface area contributed by atoms with E-state index in [0.717, 1.165) is 37.1 Å². The number of alkyl halides is 3. The Morgan fingerprint density at radius 1 is 1.09 bits per heavy atom. The van der Waals surface area contributed by atoms with Crippen LogP contribution in [-0.2, 0) is 21.6 Å². The number of halogens is 4. The zero-order chi connectivity index (χ0) is 23.6. The third-order valence-electron chi connectivity index (χ3n) is 5.67. The van der Waals surface area contributed by atoms with Crippen LogP contribution < -0.4 is 5.32 Å². The average Bonchev–Trinajstić information content (AvgIpc) is 3.28. The number of hydrogen-bond acceptors (Lipinski definition) is 5. The first-order chi connectivity index (χ1) is 14.9. The second-order valence-corrected chi connectivity index (χ2v) is 10.7. The molecule has 0 aliphatic heterocycles. The fraction of sp³-hybridized carbons (Fsp3) is 0.409. The summed E-state index contributed by atoms with van der Waals surface area (Å²) in [5.74, 6) is -0.632. The van der Waals surface area contributed by atoms with E-state index >= 15 is 0 Å². The zero-order valence-corrected chi connectivity index (χ0v) is 18.6. The summed E-state index contributed by atoms with van der Waals surface area (Å²) < 4.78 is 64.8. The third-order valence-corrected chi connectivity index (χ3v) is 8.35. The lowest BCUT2D eigenvalue weighted by atomic mass is 9.94. The van der Waals surface area contributed by atoms with E-state index in [1.54, 1.807) is 6.07 Å². The molecule has 1 atom stereocenters. The van der Waals surface area contributed by atoms with Crippen LogP contribution >= 0.6 is 11.6 Å². The summed E-state index contributed by atoms with van der Waals surface area (Å²) in [7, 11) is -3.71. The van der Waals surface area contributed by atoms with Gasteiger partial charge in [-0.3, -0.25) is 0 Å². The quantitative estimate of drug-likeness (QED) is 0.581. The molecule has 2 aromatic rings. The second-order valence-electron chi connectivity index (χ2n) is 7.98. The first-order valence-corrected chi connectivity index (χ1v) is 12.1. The lowest BCUT2D eigenvalue weighted by Crippen LogP contribution is -2.43. The first-order valence-electron chi connectivity index (χ1n) is 10.00. The zero-order valence-electron chi connectivity index (χ0n) is 17.0. The Bertz CT molecular complexity index is 1110. The molecule has 1 saturated carbocycles. The topological polar surface area (TPSA) is 90.2 Å². The number of hydrogen-bond donors (Lipinski definition) is 2. The van der Waals surface area contributed by atoms with Crippen LogP contribution in [0.1, 0.15) is 42.4 Å². The second kappa shape index (κ2) is 9.30. The van der Waals surface area contributed by atoms with E-state index in [0.29, 0.717) is 18.5 Å². The summed E-state index contributed by atoms with van der Waals surface area (Å²) in [5, 5.41) is 22.9. The first kappa shape index (κ1) is 24.4. The Morgan fingerprint density at radius 2 is 1.69 bits per heavy atom. The van der Waals surface area contributed by atoms with Gasteiger partial charge in [0.25, 0.3) is 0 Å². The molecule has 1 aliphatic carbocycles. The van der Waals surface area contributed by atoms with E-state index in [1.165, 1.54) is 12.1 Å². The van der Waals surface area contributed by atoms with Gasteiger partial charge >= 0.3 is 6.18 Å². The molecule has 0 bridgehead atoms. The fourth-order valence-electron chi connectivity index (χ4n) is 3.87. The monoisotopic (exact) mass is 486 g/mol. The summed E-state index contributed by atoms with van der Waals surface area (Å²) in [4.78, 5) is 0. The summed E-state index contributed by atoms with van der Waals surface area (Å²) in [6.45, 7) is -0.285. The lowest BCUT2D eigenvalue weighted by Gasteiger charge is -2.31. The Morgan fingerprint density at radius 3 is 2.22 bits per heavy atom. The van der Waals surface area contributed by atoms with E-state index in [-0.39, 0.29) is 22.7 Å². The molecule has 0 saturated heterocycles. The highest BCUT2D eigenvalue weighted by molar-refractivity contribution is 7.92. The molecular formula is C22H22ClF3N2O3S. The van der Waals surface area contributed by atoms with Crippen molar-refractivity contribution < 1.29 is 26.7 Å². The molecule has 10 heteroatoms. The predicted molar refractivity (Wildman–Crippen MR) is 116 cm³/mol. The normalized spacial score (nSPS) is 17.0. The van der Waals surface area contributed by atoms with Gasteiger partial charge in [0.2, 0.25) is 0 Å². The number of benzene rings is 2. The smallest absolute Gasteiger partial charge is 0.382 e. The van der Waals surface area contributed by atoms with E-state index in [9.17, 15) is 26.7 Å². The summed E-state index contributed by atoms with van der Waals surface area (Å²) in [6.07, 6.45) is -1.98. The van der Waals surface area contributed by atoms with Crippen LogP contribution in [0, 0.1) is 11.3 Å². The molecule has 1 aliphatic rings. The Labute approximate surface area is 189 Å². The SMILES string of the molecule is N#Cc1ccc(NCC(O)(CS(=O)(=O)C2CCCC2)c2ccc(C(F)(F)F)cc2)cc1Cl. The maximum absolute atomic E-state index is 13.0. The summed E-state index contributed by atoms with van der Waals surface area (Å²) >= 11 is 6.02. The third kappa shape index (κ3) is 5.55. The number of nitrogens with zero attached hydrogens (tertiary/aromatic N) is 1. The number of rotatable bonds is 7. The van der Waals surface area contributed by atoms with Gasteiger partial charge in [-0.15, -0.1) is 0 Å². The van der Waals surface area contributed by atoms with Crippen LogP contribution in [0.3, 0.4) is 0 Å². The predicted octanol–water partition coefficient (Wildman–Crippen LogP) is 4.89. The van der Waals surface area contributed by atoms with Crippen molar-refractivity contribution in [2.75, 3.05) is 17.6 Å². The molecule has 2 aromatic carbocycles. The number of anilines is 1. The minimum absolute atomic E-state index is 0.0549. The van der Waals surface area contributed by atoms with E-state index in [2.05, 4.69) is 5.32 Å². The van der Waals surface area contributed by atoms with E-state index in [1.807, 2.05) is 6.07 Å². The molecular weight excluding hydrogens is 465 g/mol. The van der Waals surface area contributed by atoms with Crippen LogP contribution in [0.25, 0.3) is 0 Å². The number of sulfone groups is 1. The van der Waals surface area contributed by atoms with Crippen molar-refractivity contribution in [2.24, 2.45) is 0 Å². The molecule has 172 valence electrons. The van der Waals surface area contributed by atoms with Crippen molar-refractivity contribution in [3.05, 3.63) is 64.2 Å². The van der Waals surface area contributed by atoms with Crippen LogP contribution in [-0.4, -0.2) is 31.1 Å². The number of nitriles is 1. The maximum Gasteiger partial charge on any atom is 0.416 e. The molecule has 1 unspecified atom stereocenters. The molecule has 0 radical (unpaired) electrons. The minimum atomic E-state index is -4.55. The Balaban J connectivity index is 1.91. The van der Waals surface area contributed by atoms with Crippen molar-refractivity contribution in [3.63, 3.8) is 0 Å². The maximum atomic E-state index is 13.0. The van der Waals surface area contributed by atoms with Crippen LogP contribution in [0.15, 0.2) is 42.5 Å². The summed E-state index contributed by atoms with van der Waals surface area (Å²) in [6, 6.07) is 10.2. The van der Waals surface area contributed by atoms with Gasteiger partial charge in [-0.1, -0.05) is 36.6 Å². The van der Waals surface area contributed by atoms with E-state index in [4.69, 9.17) is 16.9 Å². The van der Waals surface area contributed by atoms with Gasteiger partial charge in [-0.25, -0.2) is 8.42 Å². The van der Waals surface area contributed by atoms with Gasteiger partial charge in [0.05, 0.1) is 27.2 Å². The molecule has 2 N–H and O–H groups in total. The van der Waals surface area contributed by atoms with Gasteiger partial charge in [-0.2, -0.15) is 18.4 Å². The van der Waals surface area contributed by atoms with Crippen molar-refractivity contribution in [2.45, 2.75) is 42.7 Å². The fourth-order valence-corrected chi connectivity index (χ4v) is 6.31. The van der Waals surface area contributed by atoms with Gasteiger partial charge in [0.15, 0.2) is 9.84 Å². The number of nitrogens with one attached hydrogen (secondary N) is 1. The van der Waals surface area contributed by atoms with Gasteiger partial charge in [-0.05, 0) is 48.7 Å². The minimum Gasteiger partial charge on any atom is -0.382 e. The molecule has 0 amide bonds.